The average Bonchev–Trinajstić information content (AvgIpc) is 3.06. The summed E-state index contributed by atoms with van der Waals surface area (Å²) in [5.74, 6) is 0.879. The van der Waals surface area contributed by atoms with Crippen molar-refractivity contribution < 1.29 is 80.2 Å². The molecule has 0 aliphatic carbocycles. The van der Waals surface area contributed by atoms with Crippen molar-refractivity contribution in [1.82, 2.24) is 0 Å². The smallest absolute Gasteiger partial charge is 0.462 e. The Kier molecular flexibility index (Phi) is 59.4. The Morgan fingerprint density at radius 3 is 0.789 bits per heavy atom. The maximum Gasteiger partial charge on any atom is 0.472 e. The molecule has 0 saturated carbocycles. The van der Waals surface area contributed by atoms with E-state index in [9.17, 15) is 43.2 Å². The molecule has 0 rings (SSSR count). The third kappa shape index (κ3) is 62.2. The van der Waals surface area contributed by atoms with Gasteiger partial charge in [-0.15, -0.1) is 0 Å². The van der Waals surface area contributed by atoms with Crippen molar-refractivity contribution in [2.45, 2.75) is 369 Å². The molecule has 0 saturated heterocycles. The molecule has 0 heterocycles. The first-order valence-corrected chi connectivity index (χ1v) is 39.8. The highest BCUT2D eigenvalue weighted by molar-refractivity contribution is 7.47. The lowest BCUT2D eigenvalue weighted by molar-refractivity contribution is -0.161. The zero-order chi connectivity index (χ0) is 66.8. The maximum absolute atomic E-state index is 13.0. The number of carbonyl (C=O) groups excluding carboxylic acids is 4. The molecule has 0 aliphatic heterocycles. The zero-order valence-electron chi connectivity index (χ0n) is 58.8. The fourth-order valence-electron chi connectivity index (χ4n) is 10.6. The van der Waals surface area contributed by atoms with Crippen molar-refractivity contribution in [3.63, 3.8) is 0 Å². The molecule has 0 aromatic heterocycles. The van der Waals surface area contributed by atoms with Crippen LogP contribution in [0, 0.1) is 23.7 Å². The molecule has 5 unspecified atom stereocenters. The normalized spacial score (nSPS) is 14.9. The zero-order valence-corrected chi connectivity index (χ0v) is 60.6. The van der Waals surface area contributed by atoms with Crippen LogP contribution >= 0.6 is 15.6 Å². The number of unbranched alkanes of at least 4 members (excludes halogenated alkanes) is 32. The van der Waals surface area contributed by atoms with Crippen molar-refractivity contribution in [1.29, 1.82) is 0 Å². The molecule has 7 atom stereocenters. The summed E-state index contributed by atoms with van der Waals surface area (Å²) in [6.45, 7) is 14.1. The van der Waals surface area contributed by atoms with E-state index in [-0.39, 0.29) is 25.7 Å². The van der Waals surface area contributed by atoms with Gasteiger partial charge in [0.1, 0.15) is 19.3 Å². The van der Waals surface area contributed by atoms with Crippen LogP contribution in [0.15, 0.2) is 0 Å². The minimum atomic E-state index is -4.95. The van der Waals surface area contributed by atoms with Crippen LogP contribution in [-0.2, 0) is 65.4 Å². The minimum Gasteiger partial charge on any atom is -0.462 e. The largest absolute Gasteiger partial charge is 0.472 e. The number of phosphoric ester groups is 2. The highest BCUT2D eigenvalue weighted by Gasteiger charge is 2.30. The molecule has 0 aromatic carbocycles. The summed E-state index contributed by atoms with van der Waals surface area (Å²) in [4.78, 5) is 72.5. The van der Waals surface area contributed by atoms with Gasteiger partial charge in [-0.25, -0.2) is 9.13 Å². The number of carbonyl (C=O) groups is 4. The predicted molar refractivity (Wildman–Crippen MR) is 363 cm³/mol. The summed E-state index contributed by atoms with van der Waals surface area (Å²) in [5, 5.41) is 10.6. The SMILES string of the molecule is CCC(C)CCCCCCCCCCCCCCCCC(=O)OC[C@H](COP(=O)(O)OCC(O)COP(=O)(O)OC[C@@H](COC(=O)CCCCCCCCCC(C)C)OC(=O)CCCCCCCCCCCC(C)C)OC(=O)CCCCCCCCC(C)CC. The van der Waals surface area contributed by atoms with E-state index in [0.29, 0.717) is 31.6 Å². The topological polar surface area (TPSA) is 237 Å². The summed E-state index contributed by atoms with van der Waals surface area (Å²) in [7, 11) is -9.90. The molecule has 0 fully saturated rings. The summed E-state index contributed by atoms with van der Waals surface area (Å²) in [6.07, 6.45) is 43.2. The van der Waals surface area contributed by atoms with Crippen LogP contribution in [0.5, 0.6) is 0 Å². The van der Waals surface area contributed by atoms with Crippen LogP contribution in [0.4, 0.5) is 0 Å². The second kappa shape index (κ2) is 60.7. The maximum atomic E-state index is 13.0. The monoisotopic (exact) mass is 1320 g/mol. The van der Waals surface area contributed by atoms with E-state index in [2.05, 4.69) is 55.4 Å². The minimum absolute atomic E-state index is 0.103. The van der Waals surface area contributed by atoms with Crippen LogP contribution in [0.25, 0.3) is 0 Å². The van der Waals surface area contributed by atoms with Crippen molar-refractivity contribution in [3.05, 3.63) is 0 Å². The fourth-order valence-corrected chi connectivity index (χ4v) is 12.2. The molecule has 0 aliphatic rings. The van der Waals surface area contributed by atoms with Crippen LogP contribution in [0.3, 0.4) is 0 Å². The first-order valence-electron chi connectivity index (χ1n) is 36.8. The van der Waals surface area contributed by atoms with Crippen LogP contribution in [0.2, 0.25) is 0 Å². The third-order valence-corrected chi connectivity index (χ3v) is 18.9. The molecule has 0 spiro atoms. The molecule has 0 amide bonds. The first-order chi connectivity index (χ1) is 43.2. The van der Waals surface area contributed by atoms with Crippen LogP contribution in [0.1, 0.15) is 351 Å². The summed E-state index contributed by atoms with van der Waals surface area (Å²) in [5.41, 5.74) is 0. The standard InChI is InChI=1S/C71H138O17P2/c1-9-63(7)49-41-33-25-19-15-13-11-12-14-16-20-26-35-43-51-68(73)81-58-67(88-71(76)54-46-38-30-29-34-42-50-64(8)10-2)60-86-90(79,80)84-56-65(72)55-83-89(77,78)85-59-66(57-82-69(74)52-44-36-28-22-24-32-40-48-62(5)6)87-70(75)53-45-37-27-21-17-18-23-31-39-47-61(3)4/h61-67,72H,9-60H2,1-8H3,(H,77,78)(H,79,80)/t63?,64?,65?,66-,67-/m1/s1. The van der Waals surface area contributed by atoms with E-state index < -0.39 is 97.5 Å². The van der Waals surface area contributed by atoms with Gasteiger partial charge in [0.15, 0.2) is 12.2 Å². The lowest BCUT2D eigenvalue weighted by Gasteiger charge is -2.21. The number of ether oxygens (including phenoxy) is 4. The van der Waals surface area contributed by atoms with Gasteiger partial charge in [-0.05, 0) is 49.4 Å². The Bertz CT molecular complexity index is 1790. The summed E-state index contributed by atoms with van der Waals surface area (Å²) >= 11 is 0. The number of hydrogen-bond donors (Lipinski definition) is 3. The Labute approximate surface area is 549 Å². The van der Waals surface area contributed by atoms with Gasteiger partial charge >= 0.3 is 39.5 Å². The van der Waals surface area contributed by atoms with Gasteiger partial charge in [-0.2, -0.15) is 0 Å². The lowest BCUT2D eigenvalue weighted by Crippen LogP contribution is -2.30. The molecular formula is C71H138O17P2. The highest BCUT2D eigenvalue weighted by Crippen LogP contribution is 2.45. The first kappa shape index (κ1) is 88.1. The molecule has 0 radical (unpaired) electrons. The third-order valence-electron chi connectivity index (χ3n) is 17.0. The van der Waals surface area contributed by atoms with E-state index in [1.54, 1.807) is 0 Å². The average molecular weight is 1330 g/mol. The van der Waals surface area contributed by atoms with Gasteiger partial charge in [0.25, 0.3) is 0 Å². The second-order valence-electron chi connectivity index (χ2n) is 27.1. The number of hydrogen-bond acceptors (Lipinski definition) is 15. The number of esters is 4. The number of rotatable bonds is 68. The number of phosphoric acid groups is 2. The molecule has 19 heteroatoms. The molecule has 17 nitrogen and oxygen atoms in total. The lowest BCUT2D eigenvalue weighted by atomic mass is 9.99. The summed E-state index contributed by atoms with van der Waals surface area (Å²) < 4.78 is 68.3. The van der Waals surface area contributed by atoms with Crippen molar-refractivity contribution in [3.8, 4) is 0 Å². The molecule has 3 N–H and O–H groups in total. The highest BCUT2D eigenvalue weighted by atomic mass is 31.2. The van der Waals surface area contributed by atoms with Crippen molar-refractivity contribution in [2.75, 3.05) is 39.6 Å². The van der Waals surface area contributed by atoms with E-state index in [1.807, 2.05) is 0 Å². The number of aliphatic hydroxyl groups is 1. The Hall–Kier alpha value is -1.94. The molecular weight excluding hydrogens is 1190 g/mol. The van der Waals surface area contributed by atoms with Crippen molar-refractivity contribution >= 4 is 39.5 Å². The van der Waals surface area contributed by atoms with Crippen LogP contribution < -0.4 is 0 Å². The predicted octanol–water partition coefficient (Wildman–Crippen LogP) is 20.1. The van der Waals surface area contributed by atoms with E-state index in [1.165, 1.54) is 148 Å². The molecule has 0 bridgehead atoms. The Morgan fingerprint density at radius 1 is 0.311 bits per heavy atom. The molecule has 0 aromatic rings. The van der Waals surface area contributed by atoms with Gasteiger partial charge in [0.2, 0.25) is 0 Å². The fraction of sp³-hybridized carbons (Fsp3) is 0.944. The Balaban J connectivity index is 5.20. The van der Waals surface area contributed by atoms with E-state index in [0.717, 1.165) is 114 Å². The number of aliphatic hydroxyl groups excluding tert-OH is 1. The second-order valence-corrected chi connectivity index (χ2v) is 30.0. The van der Waals surface area contributed by atoms with Gasteiger partial charge in [-0.3, -0.25) is 37.3 Å². The Morgan fingerprint density at radius 2 is 0.533 bits per heavy atom. The van der Waals surface area contributed by atoms with E-state index in [4.69, 9.17) is 37.0 Å². The van der Waals surface area contributed by atoms with Crippen LogP contribution in [-0.4, -0.2) is 96.7 Å². The molecule has 90 heavy (non-hydrogen) atoms. The quantitative estimate of drug-likeness (QED) is 0.0222. The molecule has 534 valence electrons. The van der Waals surface area contributed by atoms with Gasteiger partial charge < -0.3 is 33.8 Å². The van der Waals surface area contributed by atoms with Crippen molar-refractivity contribution in [2.24, 2.45) is 23.7 Å². The van der Waals surface area contributed by atoms with E-state index >= 15 is 0 Å². The van der Waals surface area contributed by atoms with Gasteiger partial charge in [0, 0.05) is 25.7 Å². The van der Waals surface area contributed by atoms with Gasteiger partial charge in [0.05, 0.1) is 26.4 Å². The summed E-state index contributed by atoms with van der Waals surface area (Å²) in [6, 6.07) is 0. The van der Waals surface area contributed by atoms with Gasteiger partial charge in [-0.1, -0.05) is 299 Å².